The van der Waals surface area contributed by atoms with Crippen molar-refractivity contribution in [3.05, 3.63) is 114 Å². The second-order valence-corrected chi connectivity index (χ2v) is 12.9. The first-order valence-corrected chi connectivity index (χ1v) is 16.0. The molecule has 1 aliphatic heterocycles. The first-order chi connectivity index (χ1) is 21.0. The van der Waals surface area contributed by atoms with E-state index in [2.05, 4.69) is 14.6 Å². The van der Waals surface area contributed by atoms with E-state index in [1.54, 1.807) is 36.7 Å². The number of ketones is 1. The summed E-state index contributed by atoms with van der Waals surface area (Å²) in [6, 6.07) is 20.4. The summed E-state index contributed by atoms with van der Waals surface area (Å²) in [4.78, 5) is 18.3. The van der Waals surface area contributed by atoms with Crippen LogP contribution in [0.3, 0.4) is 0 Å². The summed E-state index contributed by atoms with van der Waals surface area (Å²) in [5.74, 6) is 0.0262. The highest BCUT2D eigenvalue weighted by atomic mass is 32.2. The first kappa shape index (κ1) is 31.4. The topological polar surface area (TPSA) is 79.4 Å². The van der Waals surface area contributed by atoms with Gasteiger partial charge in [0.1, 0.15) is 5.78 Å². The molecule has 0 aliphatic carbocycles. The zero-order valence-electron chi connectivity index (χ0n) is 24.3. The summed E-state index contributed by atoms with van der Waals surface area (Å²) in [5.41, 5.74) is 2.47. The van der Waals surface area contributed by atoms with Gasteiger partial charge >= 0.3 is 6.18 Å². The van der Waals surface area contributed by atoms with Gasteiger partial charge < -0.3 is 4.90 Å². The van der Waals surface area contributed by atoms with E-state index < -0.39 is 26.7 Å². The Bertz CT molecular complexity index is 1710. The number of aromatic nitrogens is 1. The molecule has 1 N–H and O–H groups in total. The number of pyridine rings is 1. The minimum absolute atomic E-state index is 0.0262. The third kappa shape index (κ3) is 7.73. The van der Waals surface area contributed by atoms with Gasteiger partial charge in [-0.2, -0.15) is 13.2 Å². The Morgan fingerprint density at radius 3 is 2.43 bits per heavy atom. The number of aryl methyl sites for hydroxylation is 1. The second kappa shape index (κ2) is 13.3. The van der Waals surface area contributed by atoms with Crippen molar-refractivity contribution in [1.82, 2.24) is 9.88 Å². The van der Waals surface area contributed by atoms with Crippen molar-refractivity contribution in [2.75, 3.05) is 18.3 Å². The number of nitrogens with zero attached hydrogens (tertiary/aromatic N) is 2. The zero-order valence-corrected chi connectivity index (χ0v) is 25.2. The largest absolute Gasteiger partial charge is 0.416 e. The van der Waals surface area contributed by atoms with E-state index in [0.29, 0.717) is 36.5 Å². The van der Waals surface area contributed by atoms with Crippen LogP contribution in [0.1, 0.15) is 41.5 Å². The van der Waals surface area contributed by atoms with E-state index in [1.807, 2.05) is 31.3 Å². The minimum atomic E-state index is -4.72. The lowest BCUT2D eigenvalue weighted by Gasteiger charge is -2.22. The van der Waals surface area contributed by atoms with Crippen molar-refractivity contribution < 1.29 is 26.4 Å². The van der Waals surface area contributed by atoms with Gasteiger partial charge in [0.25, 0.3) is 10.0 Å². The molecule has 6 nitrogen and oxygen atoms in total. The minimum Gasteiger partial charge on any atom is -0.303 e. The first-order valence-electron chi connectivity index (χ1n) is 14.5. The van der Waals surface area contributed by atoms with E-state index in [4.69, 9.17) is 0 Å². The van der Waals surface area contributed by atoms with E-state index in [9.17, 15) is 26.4 Å². The number of Topliss-reactive ketones (excluding diaryl/α,β-unsaturated/α-hetero) is 1. The Labute approximate surface area is 256 Å². The van der Waals surface area contributed by atoms with Crippen LogP contribution < -0.4 is 4.72 Å². The van der Waals surface area contributed by atoms with Crippen molar-refractivity contribution >= 4 is 21.5 Å². The summed E-state index contributed by atoms with van der Waals surface area (Å²) in [5, 5.41) is 0. The number of rotatable bonds is 11. The molecular weight excluding hydrogens is 587 g/mol. The Morgan fingerprint density at radius 2 is 1.75 bits per heavy atom. The van der Waals surface area contributed by atoms with Gasteiger partial charge in [-0.15, -0.1) is 0 Å². The molecule has 0 radical (unpaired) electrons. The molecule has 4 aromatic rings. The van der Waals surface area contributed by atoms with Crippen LogP contribution in [0.2, 0.25) is 0 Å². The molecule has 44 heavy (non-hydrogen) atoms. The molecule has 1 unspecified atom stereocenters. The van der Waals surface area contributed by atoms with E-state index in [-0.39, 0.29) is 29.5 Å². The molecule has 1 saturated heterocycles. The monoisotopic (exact) mass is 621 g/mol. The molecular formula is C34H34F3N3O3S. The van der Waals surface area contributed by atoms with Gasteiger partial charge in [-0.05, 0) is 91.9 Å². The van der Waals surface area contributed by atoms with Gasteiger partial charge in [0, 0.05) is 42.5 Å². The summed E-state index contributed by atoms with van der Waals surface area (Å²) in [6.07, 6.45) is 2.48. The van der Waals surface area contributed by atoms with Gasteiger partial charge in [-0.25, -0.2) is 8.42 Å². The third-order valence-corrected chi connectivity index (χ3v) is 9.48. The fraction of sp³-hybridized carbons (Fsp3) is 0.294. The van der Waals surface area contributed by atoms with Gasteiger partial charge in [-0.1, -0.05) is 48.5 Å². The lowest BCUT2D eigenvalue weighted by Crippen LogP contribution is -2.27. The van der Waals surface area contributed by atoms with E-state index in [1.165, 1.54) is 18.2 Å². The van der Waals surface area contributed by atoms with Crippen molar-refractivity contribution in [3.8, 4) is 11.1 Å². The maximum Gasteiger partial charge on any atom is 0.416 e. The molecule has 0 bridgehead atoms. The molecule has 1 aromatic heterocycles. The number of benzene rings is 3. The second-order valence-electron chi connectivity index (χ2n) is 11.2. The van der Waals surface area contributed by atoms with Crippen LogP contribution in [0.4, 0.5) is 18.9 Å². The average Bonchev–Trinajstić information content (AvgIpc) is 3.41. The predicted octanol–water partition coefficient (Wildman–Crippen LogP) is 6.95. The lowest BCUT2D eigenvalue weighted by atomic mass is 9.93. The zero-order chi connectivity index (χ0) is 31.3. The molecule has 2 heterocycles. The number of likely N-dealkylation sites (tertiary alicyclic amines) is 1. The maximum atomic E-state index is 13.8. The number of halogens is 3. The van der Waals surface area contributed by atoms with Gasteiger partial charge in [0.15, 0.2) is 0 Å². The number of sulfonamides is 1. The normalized spacial score (nSPS) is 15.8. The summed E-state index contributed by atoms with van der Waals surface area (Å²) in [7, 11) is -2.39. The van der Waals surface area contributed by atoms with Crippen molar-refractivity contribution in [2.24, 2.45) is 0 Å². The number of nitrogens with one attached hydrogen (secondary N) is 1. The highest BCUT2D eigenvalue weighted by molar-refractivity contribution is 7.92. The van der Waals surface area contributed by atoms with E-state index in [0.717, 1.165) is 36.6 Å². The van der Waals surface area contributed by atoms with Crippen LogP contribution in [0, 0.1) is 0 Å². The molecule has 3 aromatic carbocycles. The highest BCUT2D eigenvalue weighted by Crippen LogP contribution is 2.38. The van der Waals surface area contributed by atoms with Gasteiger partial charge in [0.2, 0.25) is 0 Å². The molecule has 1 aliphatic rings. The quantitative estimate of drug-likeness (QED) is 0.196. The van der Waals surface area contributed by atoms with E-state index >= 15 is 0 Å². The summed E-state index contributed by atoms with van der Waals surface area (Å²) < 4.78 is 71.2. The summed E-state index contributed by atoms with van der Waals surface area (Å²) in [6.45, 7) is 0.967. The number of carbonyl (C=O) groups is 1. The Hall–Kier alpha value is -4.02. The third-order valence-electron chi connectivity index (χ3n) is 8.06. The van der Waals surface area contributed by atoms with Crippen LogP contribution in [0.5, 0.6) is 0 Å². The molecule has 5 rings (SSSR count). The fourth-order valence-corrected chi connectivity index (χ4v) is 6.95. The maximum absolute atomic E-state index is 13.8. The van der Waals surface area contributed by atoms with Crippen LogP contribution in [0.15, 0.2) is 96.2 Å². The molecule has 10 heteroatoms. The van der Waals surface area contributed by atoms with Crippen LogP contribution >= 0.6 is 0 Å². The molecule has 0 saturated carbocycles. The molecule has 0 amide bonds. The predicted molar refractivity (Wildman–Crippen MR) is 165 cm³/mol. The number of likely N-dealkylation sites (N-methyl/N-ethyl adjacent to an activating group) is 1. The number of alkyl halides is 3. The van der Waals surface area contributed by atoms with Crippen LogP contribution in [0.25, 0.3) is 11.1 Å². The Balaban J connectivity index is 1.38. The highest BCUT2D eigenvalue weighted by Gasteiger charge is 2.33. The lowest BCUT2D eigenvalue weighted by molar-refractivity contribution is -0.137. The molecule has 1 atom stereocenters. The van der Waals surface area contributed by atoms with Crippen molar-refractivity contribution in [3.63, 3.8) is 0 Å². The fourth-order valence-electron chi connectivity index (χ4n) is 5.64. The molecule has 230 valence electrons. The van der Waals surface area contributed by atoms with Crippen LogP contribution in [-0.4, -0.2) is 43.7 Å². The van der Waals surface area contributed by atoms with Crippen LogP contribution in [-0.2, 0) is 40.3 Å². The van der Waals surface area contributed by atoms with Crippen molar-refractivity contribution in [2.45, 2.75) is 55.6 Å². The molecule has 0 spiro atoms. The average molecular weight is 622 g/mol. The molecule has 1 fully saturated rings. The number of anilines is 1. The van der Waals surface area contributed by atoms with Gasteiger partial charge in [0.05, 0.1) is 10.5 Å². The van der Waals surface area contributed by atoms with Gasteiger partial charge in [-0.3, -0.25) is 14.5 Å². The SMILES string of the molecule is CN1CCCC1Cc1ccccc1-c1ccc(C(F)(F)F)cc1S(=O)(=O)Nc1ccc(CC(=O)CCc2cccnc2)cc1. The smallest absolute Gasteiger partial charge is 0.303 e. The number of hydrogen-bond acceptors (Lipinski definition) is 5. The Kier molecular flexibility index (Phi) is 9.51. The van der Waals surface area contributed by atoms with Crippen molar-refractivity contribution in [1.29, 1.82) is 0 Å². The Morgan fingerprint density at radius 1 is 0.977 bits per heavy atom. The number of hydrogen-bond donors (Lipinski definition) is 1. The summed E-state index contributed by atoms with van der Waals surface area (Å²) >= 11 is 0. The standard InChI is InChI=1S/C34H34F3N3O3S/c1-40-19-5-8-29(40)21-26-7-2-3-9-31(26)32-17-13-27(34(35,36)37)22-33(32)44(42,43)39-28-14-10-24(11-15-28)20-30(41)16-12-25-6-4-18-38-23-25/h2-4,6-7,9-11,13-15,17-18,22-23,29,39H,5,8,12,16,19-21H2,1H3. The number of carbonyl (C=O) groups excluding carboxylic acids is 1.